The number of carbonyl (C=O) groups is 1. The summed E-state index contributed by atoms with van der Waals surface area (Å²) in [6.45, 7) is 5.80. The second kappa shape index (κ2) is 9.04. The number of hydrogen-bond donors (Lipinski definition) is 0. The van der Waals surface area contributed by atoms with Gasteiger partial charge in [0.15, 0.2) is 11.6 Å². The number of carbonyl (C=O) groups excluding carboxylic acids is 1. The third-order valence-electron chi connectivity index (χ3n) is 11.2. The summed E-state index contributed by atoms with van der Waals surface area (Å²) >= 11 is 5.91. The van der Waals surface area contributed by atoms with Crippen LogP contribution in [0.15, 0.2) is 12.1 Å². The van der Waals surface area contributed by atoms with Gasteiger partial charge in [-0.1, -0.05) is 31.9 Å². The molecule has 6 rings (SSSR count). The molecule has 0 radical (unpaired) electrons. The zero-order valence-electron chi connectivity index (χ0n) is 21.8. The number of rotatable bonds is 5. The third-order valence-corrected chi connectivity index (χ3v) is 11.5. The summed E-state index contributed by atoms with van der Waals surface area (Å²) in [5, 5.41) is 8.67. The molecule has 1 aromatic heterocycles. The minimum Gasteiger partial charge on any atom is -0.384 e. The minimum atomic E-state index is -0.572. The molecule has 5 nitrogen and oxygen atoms in total. The third kappa shape index (κ3) is 3.68. The first-order chi connectivity index (χ1) is 17.3. The van der Waals surface area contributed by atoms with Crippen molar-refractivity contribution in [3.8, 4) is 0 Å². The van der Waals surface area contributed by atoms with Crippen LogP contribution in [0.25, 0.3) is 11.0 Å². The number of benzene rings is 1. The summed E-state index contributed by atoms with van der Waals surface area (Å²) in [7, 11) is 1.89. The van der Waals surface area contributed by atoms with Gasteiger partial charge in [0.1, 0.15) is 17.6 Å². The predicted octanol–water partition coefficient (Wildman–Crippen LogP) is 6.71. The van der Waals surface area contributed by atoms with Crippen molar-refractivity contribution in [3.05, 3.63) is 23.0 Å². The van der Waals surface area contributed by atoms with E-state index in [1.54, 1.807) is 6.07 Å². The van der Waals surface area contributed by atoms with Crippen molar-refractivity contribution in [3.63, 3.8) is 0 Å². The molecule has 1 heterocycles. The van der Waals surface area contributed by atoms with Gasteiger partial charge in [0.05, 0.1) is 11.6 Å². The molecular formula is C29H39ClFN3O2. The number of ketones is 1. The molecule has 0 saturated heterocycles. The number of Topliss-reactive ketones (excluding diaryl/α,β-unsaturated/α-hetero) is 1. The fraction of sp³-hybridized carbons (Fsp3) is 0.759. The van der Waals surface area contributed by atoms with Crippen LogP contribution >= 0.6 is 11.6 Å². The van der Waals surface area contributed by atoms with Crippen molar-refractivity contribution in [1.82, 2.24) is 15.0 Å². The molecule has 4 fully saturated rings. The van der Waals surface area contributed by atoms with Gasteiger partial charge in [0.25, 0.3) is 0 Å². The first-order valence-electron chi connectivity index (χ1n) is 14.0. The first-order valence-corrected chi connectivity index (χ1v) is 14.3. The van der Waals surface area contributed by atoms with Gasteiger partial charge in [-0.3, -0.25) is 4.79 Å². The Morgan fingerprint density at radius 3 is 2.78 bits per heavy atom. The van der Waals surface area contributed by atoms with Gasteiger partial charge in [-0.2, -0.15) is 9.90 Å². The summed E-state index contributed by atoms with van der Waals surface area (Å²) in [5.41, 5.74) is 0.927. The molecule has 196 valence electrons. The van der Waals surface area contributed by atoms with Crippen molar-refractivity contribution >= 4 is 28.4 Å². The van der Waals surface area contributed by atoms with Gasteiger partial charge in [-0.15, -0.1) is 5.10 Å². The lowest BCUT2D eigenvalue weighted by Gasteiger charge is -2.61. The average Bonchev–Trinajstić information content (AvgIpc) is 3.42. The molecule has 4 aliphatic rings. The molecular weight excluding hydrogens is 477 g/mol. The van der Waals surface area contributed by atoms with E-state index in [0.29, 0.717) is 22.8 Å². The van der Waals surface area contributed by atoms with Crippen LogP contribution in [-0.4, -0.2) is 34.5 Å². The molecule has 7 heteroatoms. The molecule has 1 aromatic carbocycles. The molecule has 0 spiro atoms. The molecule has 0 aliphatic heterocycles. The van der Waals surface area contributed by atoms with Crippen molar-refractivity contribution in [2.45, 2.75) is 78.2 Å². The zero-order chi connectivity index (χ0) is 25.2. The summed E-state index contributed by atoms with van der Waals surface area (Å²) in [5.74, 6) is 3.28. The quantitative estimate of drug-likeness (QED) is 0.443. The van der Waals surface area contributed by atoms with Crippen LogP contribution in [-0.2, 0) is 16.1 Å². The minimum absolute atomic E-state index is 0.0217. The van der Waals surface area contributed by atoms with E-state index in [0.717, 1.165) is 43.6 Å². The number of aromatic nitrogens is 3. The lowest BCUT2D eigenvalue weighted by Crippen LogP contribution is -2.56. The van der Waals surface area contributed by atoms with Crippen molar-refractivity contribution in [2.24, 2.45) is 46.3 Å². The number of fused-ring (bicyclic) bond motifs is 6. The van der Waals surface area contributed by atoms with E-state index in [2.05, 4.69) is 24.0 Å². The Balaban J connectivity index is 1.22. The Kier molecular flexibility index (Phi) is 6.23. The summed E-state index contributed by atoms with van der Waals surface area (Å²) in [6, 6.07) is 3.14. The largest absolute Gasteiger partial charge is 0.384 e. The second-order valence-electron chi connectivity index (χ2n) is 12.8. The van der Waals surface area contributed by atoms with Crippen molar-refractivity contribution < 1.29 is 13.9 Å². The Morgan fingerprint density at radius 1 is 1.14 bits per heavy atom. The van der Waals surface area contributed by atoms with E-state index < -0.39 is 5.82 Å². The molecule has 8 atom stereocenters. The average molecular weight is 516 g/mol. The van der Waals surface area contributed by atoms with Gasteiger partial charge < -0.3 is 4.74 Å². The molecule has 8 unspecified atom stereocenters. The van der Waals surface area contributed by atoms with Gasteiger partial charge in [0.2, 0.25) is 0 Å². The second-order valence-corrected chi connectivity index (χ2v) is 13.2. The molecule has 36 heavy (non-hydrogen) atoms. The summed E-state index contributed by atoms with van der Waals surface area (Å²) < 4.78 is 20.3. The number of nitrogens with zero attached hydrogens (tertiary/aromatic N) is 3. The van der Waals surface area contributed by atoms with E-state index in [1.165, 1.54) is 49.4 Å². The lowest BCUT2D eigenvalue weighted by molar-refractivity contribution is -0.154. The summed E-state index contributed by atoms with van der Waals surface area (Å²) in [6.07, 6.45) is 11.0. The maximum Gasteiger partial charge on any atom is 0.171 e. The number of ether oxygens (including phenoxy) is 1. The van der Waals surface area contributed by atoms with Crippen LogP contribution < -0.4 is 0 Å². The highest BCUT2D eigenvalue weighted by atomic mass is 35.5. The standard InChI is InChI=1S/C29H39ClFN3O2/c1-17-10-13-29(16-36-3)18(14-17)4-5-19-20-6-7-22(28(20,2)12-11-21(19)29)25(35)15-34-32-24-9-8-23(30)26(31)27(24)33-34/h8-9,17-22H,4-7,10-16H2,1-3H3. The number of halogens is 2. The van der Waals surface area contributed by atoms with Crippen LogP contribution in [0, 0.1) is 52.2 Å². The van der Waals surface area contributed by atoms with E-state index >= 15 is 0 Å². The van der Waals surface area contributed by atoms with Crippen molar-refractivity contribution in [2.75, 3.05) is 13.7 Å². The highest BCUT2D eigenvalue weighted by Gasteiger charge is 2.62. The highest BCUT2D eigenvalue weighted by molar-refractivity contribution is 6.31. The number of methoxy groups -OCH3 is 1. The molecule has 4 aliphatic carbocycles. The van der Waals surface area contributed by atoms with E-state index in [9.17, 15) is 9.18 Å². The normalized spacial score (nSPS) is 40.0. The van der Waals surface area contributed by atoms with Crippen molar-refractivity contribution in [1.29, 1.82) is 0 Å². The van der Waals surface area contributed by atoms with Crippen LogP contribution in [0.2, 0.25) is 5.02 Å². The van der Waals surface area contributed by atoms with Gasteiger partial charge in [-0.25, -0.2) is 4.39 Å². The highest BCUT2D eigenvalue weighted by Crippen LogP contribution is 2.68. The SMILES string of the molecule is COCC12CCC(C)CC1CCC1C3CCC(C(=O)Cn4nc5ccc(Cl)c(F)c5n4)C3(C)CCC12. The maximum atomic E-state index is 14.4. The van der Waals surface area contributed by atoms with Crippen LogP contribution in [0.5, 0.6) is 0 Å². The monoisotopic (exact) mass is 515 g/mol. The molecule has 0 bridgehead atoms. The van der Waals surface area contributed by atoms with E-state index in [4.69, 9.17) is 16.3 Å². The molecule has 4 saturated carbocycles. The Bertz CT molecular complexity index is 1170. The first kappa shape index (κ1) is 24.8. The molecule has 0 N–H and O–H groups in total. The van der Waals surface area contributed by atoms with Gasteiger partial charge in [0, 0.05) is 13.0 Å². The topological polar surface area (TPSA) is 57.0 Å². The molecule has 0 amide bonds. The Labute approximate surface area is 218 Å². The Morgan fingerprint density at radius 2 is 1.97 bits per heavy atom. The van der Waals surface area contributed by atoms with E-state index in [1.807, 2.05) is 7.11 Å². The summed E-state index contributed by atoms with van der Waals surface area (Å²) in [4.78, 5) is 15.0. The van der Waals surface area contributed by atoms with E-state index in [-0.39, 0.29) is 34.2 Å². The van der Waals surface area contributed by atoms with Crippen LogP contribution in [0.1, 0.15) is 71.6 Å². The fourth-order valence-electron chi connectivity index (χ4n) is 9.63. The van der Waals surface area contributed by atoms with Gasteiger partial charge >= 0.3 is 0 Å². The predicted molar refractivity (Wildman–Crippen MR) is 138 cm³/mol. The molecule has 2 aromatic rings. The zero-order valence-corrected chi connectivity index (χ0v) is 22.6. The smallest absolute Gasteiger partial charge is 0.171 e. The van der Waals surface area contributed by atoms with Crippen LogP contribution in [0.4, 0.5) is 4.39 Å². The lowest BCUT2D eigenvalue weighted by atomic mass is 9.44. The Hall–Kier alpha value is -1.53. The number of hydrogen-bond acceptors (Lipinski definition) is 4. The van der Waals surface area contributed by atoms with Crippen LogP contribution in [0.3, 0.4) is 0 Å². The fourth-order valence-corrected chi connectivity index (χ4v) is 9.78. The van der Waals surface area contributed by atoms with Gasteiger partial charge in [-0.05, 0) is 104 Å². The maximum absolute atomic E-state index is 14.4.